The van der Waals surface area contributed by atoms with Crippen LogP contribution in [0.1, 0.15) is 80.2 Å². The lowest BCUT2D eigenvalue weighted by Crippen LogP contribution is -2.60. The minimum Gasteiger partial charge on any atom is -0.374 e. The Bertz CT molecular complexity index is 1490. The molecule has 0 aromatic heterocycles. The molecule has 0 bridgehead atoms. The van der Waals surface area contributed by atoms with Crippen LogP contribution in [0.4, 0.5) is 0 Å². The van der Waals surface area contributed by atoms with E-state index in [2.05, 4.69) is 16.0 Å². The van der Waals surface area contributed by atoms with Gasteiger partial charge in [0.2, 0.25) is 41.4 Å². The molecule has 1 fully saturated rings. The summed E-state index contributed by atoms with van der Waals surface area (Å²) in [5.74, 6) is -4.39. The van der Waals surface area contributed by atoms with Crippen molar-refractivity contribution < 1.29 is 38.3 Å². The quantitative estimate of drug-likeness (QED) is 0.323. The Hall–Kier alpha value is -4.53. The summed E-state index contributed by atoms with van der Waals surface area (Å²) in [7, 11) is 5.84. The molecule has 0 radical (unpaired) electrons. The van der Waals surface area contributed by atoms with Gasteiger partial charge in [-0.15, -0.1) is 0 Å². The standard InChI is InChI=1S/C40H65N7O8/c1-13-26(6)34-40(54)44(9)21-33(48)47(12)32(20-25(4)5)37(51)41-30(19-24(2)3)39(53)46(11)28(8)38(52)45(10)27(7)35(49)42-31(36(50)43-34)23-55-22-29-17-15-14-16-18-29/h14-18,24-28,30-32,34H,13,19-23H2,1-12H3,(H,41,51)(H,42,49)(H,43,50)/t26?,27-,28?,30+,31-,32+,34?/m1/s1. The minimum atomic E-state index is -1.26. The number of hydrogen-bond donors (Lipinski definition) is 3. The molecule has 1 saturated heterocycles. The van der Waals surface area contributed by atoms with Crippen molar-refractivity contribution in [3.05, 3.63) is 35.9 Å². The third-order valence-corrected chi connectivity index (χ3v) is 10.3. The highest BCUT2D eigenvalue weighted by molar-refractivity contribution is 5.97. The minimum absolute atomic E-state index is 0.0112. The second-order valence-electron chi connectivity index (χ2n) is 15.7. The molecule has 7 amide bonds. The summed E-state index contributed by atoms with van der Waals surface area (Å²) in [6.45, 7) is 13.8. The van der Waals surface area contributed by atoms with E-state index in [-0.39, 0.29) is 50.4 Å². The maximum atomic E-state index is 14.0. The van der Waals surface area contributed by atoms with Gasteiger partial charge in [-0.3, -0.25) is 33.6 Å². The van der Waals surface area contributed by atoms with E-state index in [0.717, 1.165) is 5.56 Å². The van der Waals surface area contributed by atoms with Crippen molar-refractivity contribution in [3.8, 4) is 0 Å². The Morgan fingerprint density at radius 1 is 0.673 bits per heavy atom. The fraction of sp³-hybridized carbons (Fsp3) is 0.675. The van der Waals surface area contributed by atoms with Crippen molar-refractivity contribution >= 4 is 41.4 Å². The number of carbonyl (C=O) groups is 7. The lowest BCUT2D eigenvalue weighted by atomic mass is 9.97. The Balaban J connectivity index is 2.63. The first-order valence-electron chi connectivity index (χ1n) is 19.3. The van der Waals surface area contributed by atoms with Gasteiger partial charge in [0.25, 0.3) is 0 Å². The fourth-order valence-corrected chi connectivity index (χ4v) is 6.20. The van der Waals surface area contributed by atoms with Gasteiger partial charge in [-0.2, -0.15) is 0 Å². The molecule has 7 atom stereocenters. The molecular formula is C40H65N7O8. The molecule has 2 rings (SSSR count). The van der Waals surface area contributed by atoms with E-state index in [1.807, 2.05) is 65.0 Å². The molecule has 1 aliphatic heterocycles. The van der Waals surface area contributed by atoms with Crippen molar-refractivity contribution in [2.45, 2.75) is 118 Å². The summed E-state index contributed by atoms with van der Waals surface area (Å²) >= 11 is 0. The lowest BCUT2D eigenvalue weighted by molar-refractivity contribution is -0.149. The third-order valence-electron chi connectivity index (χ3n) is 10.3. The molecule has 1 aromatic carbocycles. The number of carbonyl (C=O) groups excluding carboxylic acids is 7. The van der Waals surface area contributed by atoms with Crippen LogP contribution in [0.5, 0.6) is 0 Å². The molecular weight excluding hydrogens is 706 g/mol. The lowest BCUT2D eigenvalue weighted by Gasteiger charge is -2.35. The molecule has 55 heavy (non-hydrogen) atoms. The van der Waals surface area contributed by atoms with Crippen LogP contribution in [-0.2, 0) is 44.9 Å². The van der Waals surface area contributed by atoms with Crippen LogP contribution in [0.15, 0.2) is 30.3 Å². The first-order valence-corrected chi connectivity index (χ1v) is 19.3. The molecule has 1 aromatic rings. The van der Waals surface area contributed by atoms with Crippen LogP contribution in [0.2, 0.25) is 0 Å². The number of ether oxygens (including phenoxy) is 1. The van der Waals surface area contributed by atoms with Crippen LogP contribution in [-0.4, -0.2) is 139 Å². The molecule has 308 valence electrons. The van der Waals surface area contributed by atoms with E-state index in [1.165, 1.54) is 61.6 Å². The molecule has 3 unspecified atom stereocenters. The highest BCUT2D eigenvalue weighted by Crippen LogP contribution is 2.17. The number of hydrogen-bond acceptors (Lipinski definition) is 8. The van der Waals surface area contributed by atoms with E-state index in [9.17, 15) is 33.6 Å². The van der Waals surface area contributed by atoms with Crippen LogP contribution in [0.3, 0.4) is 0 Å². The number of rotatable bonds is 10. The molecule has 1 aliphatic rings. The van der Waals surface area contributed by atoms with Crippen LogP contribution >= 0.6 is 0 Å². The number of nitrogens with one attached hydrogen (secondary N) is 3. The third kappa shape index (κ3) is 13.3. The Labute approximate surface area is 327 Å². The predicted octanol–water partition coefficient (Wildman–Crippen LogP) is 1.79. The largest absolute Gasteiger partial charge is 0.374 e. The monoisotopic (exact) mass is 771 g/mol. The van der Waals surface area contributed by atoms with E-state index < -0.39 is 77.6 Å². The fourth-order valence-electron chi connectivity index (χ4n) is 6.20. The van der Waals surface area contributed by atoms with Gasteiger partial charge >= 0.3 is 0 Å². The van der Waals surface area contributed by atoms with Crippen molar-refractivity contribution in [2.24, 2.45) is 17.8 Å². The SMILES string of the molecule is CCC(C)C1NC(=O)[C@@H](COCc2ccccc2)NC(=O)[C@@H](C)N(C)C(=O)C(C)N(C)C(=O)[C@H](CC(C)C)NC(=O)[C@H](CC(C)C)N(C)C(=O)CN(C)C1=O. The summed E-state index contributed by atoms with van der Waals surface area (Å²) in [6.07, 6.45) is 1.05. The van der Waals surface area contributed by atoms with Crippen molar-refractivity contribution in [1.82, 2.24) is 35.6 Å². The zero-order valence-electron chi connectivity index (χ0n) is 34.9. The van der Waals surface area contributed by atoms with Gasteiger partial charge in [-0.25, -0.2) is 0 Å². The second-order valence-corrected chi connectivity index (χ2v) is 15.7. The van der Waals surface area contributed by atoms with Crippen LogP contribution in [0.25, 0.3) is 0 Å². The van der Waals surface area contributed by atoms with E-state index >= 15 is 0 Å². The highest BCUT2D eigenvalue weighted by Gasteiger charge is 2.38. The van der Waals surface area contributed by atoms with Gasteiger partial charge in [-0.05, 0) is 50.0 Å². The van der Waals surface area contributed by atoms with Gasteiger partial charge in [-0.1, -0.05) is 78.3 Å². The Kier molecular flexibility index (Phi) is 18.3. The number of nitrogens with zero attached hydrogens (tertiary/aromatic N) is 4. The zero-order chi connectivity index (χ0) is 41.7. The Morgan fingerprint density at radius 3 is 1.80 bits per heavy atom. The average molecular weight is 772 g/mol. The van der Waals surface area contributed by atoms with Crippen LogP contribution < -0.4 is 16.0 Å². The molecule has 0 saturated carbocycles. The first-order chi connectivity index (χ1) is 25.7. The topological polar surface area (TPSA) is 178 Å². The maximum absolute atomic E-state index is 14.0. The Morgan fingerprint density at radius 2 is 1.24 bits per heavy atom. The number of benzene rings is 1. The molecule has 15 nitrogen and oxygen atoms in total. The molecule has 0 spiro atoms. The molecule has 0 aliphatic carbocycles. The molecule has 15 heteroatoms. The van der Waals surface area contributed by atoms with Crippen molar-refractivity contribution in [2.75, 3.05) is 41.3 Å². The smallest absolute Gasteiger partial charge is 0.245 e. The maximum Gasteiger partial charge on any atom is 0.245 e. The summed E-state index contributed by atoms with van der Waals surface area (Å²) in [4.78, 5) is 102. The average Bonchev–Trinajstić information content (AvgIpc) is 3.15. The highest BCUT2D eigenvalue weighted by atomic mass is 16.5. The van der Waals surface area contributed by atoms with Crippen molar-refractivity contribution in [1.29, 1.82) is 0 Å². The first kappa shape index (κ1) is 46.6. The van der Waals surface area contributed by atoms with Gasteiger partial charge < -0.3 is 40.3 Å². The summed E-state index contributed by atoms with van der Waals surface area (Å²) in [5.41, 5.74) is 0.843. The van der Waals surface area contributed by atoms with Gasteiger partial charge in [0, 0.05) is 28.2 Å². The molecule has 1 heterocycles. The van der Waals surface area contributed by atoms with Gasteiger partial charge in [0.1, 0.15) is 36.3 Å². The molecule has 3 N–H and O–H groups in total. The second kappa shape index (κ2) is 21.5. The summed E-state index contributed by atoms with van der Waals surface area (Å²) < 4.78 is 5.88. The normalized spacial score (nSPS) is 25.5. The van der Waals surface area contributed by atoms with Gasteiger partial charge in [0.05, 0.1) is 19.8 Å². The van der Waals surface area contributed by atoms with Gasteiger partial charge in [0.15, 0.2) is 0 Å². The van der Waals surface area contributed by atoms with E-state index in [1.54, 1.807) is 6.92 Å². The summed E-state index contributed by atoms with van der Waals surface area (Å²) in [5, 5.41) is 8.37. The van der Waals surface area contributed by atoms with Crippen LogP contribution in [0, 0.1) is 17.8 Å². The van der Waals surface area contributed by atoms with E-state index in [0.29, 0.717) is 6.42 Å². The van der Waals surface area contributed by atoms with Crippen molar-refractivity contribution in [3.63, 3.8) is 0 Å². The number of amides is 7. The summed E-state index contributed by atoms with van der Waals surface area (Å²) in [6, 6.07) is 2.84. The predicted molar refractivity (Wildman–Crippen MR) is 209 cm³/mol. The zero-order valence-corrected chi connectivity index (χ0v) is 34.9. The number of likely N-dealkylation sites (N-methyl/N-ethyl adjacent to an activating group) is 4. The van der Waals surface area contributed by atoms with E-state index in [4.69, 9.17) is 4.74 Å².